The molecule has 0 spiro atoms. The number of hydrogen-bond acceptors (Lipinski definition) is 4. The summed E-state index contributed by atoms with van der Waals surface area (Å²) in [5.74, 6) is 0.107. The van der Waals surface area contributed by atoms with Crippen LogP contribution in [0.15, 0.2) is 108 Å². The predicted molar refractivity (Wildman–Crippen MR) is 137 cm³/mol. The minimum atomic E-state index is -0.483. The van der Waals surface area contributed by atoms with E-state index in [0.717, 1.165) is 21.2 Å². The molecule has 0 saturated carbocycles. The number of hydrogen-bond donors (Lipinski definition) is 0. The fraction of sp³-hybridized carbons (Fsp3) is 0.0345. The number of ether oxygens (including phenoxy) is 2. The van der Waals surface area contributed by atoms with E-state index in [9.17, 15) is 9.59 Å². The summed E-state index contributed by atoms with van der Waals surface area (Å²) >= 11 is 3.34. The number of carbonyl (C=O) groups is 2. The molecule has 0 atom stereocenters. The van der Waals surface area contributed by atoms with Gasteiger partial charge in [0.25, 0.3) is 0 Å². The van der Waals surface area contributed by atoms with E-state index in [-0.39, 0.29) is 5.78 Å². The van der Waals surface area contributed by atoms with E-state index < -0.39 is 5.97 Å². The third-order valence-electron chi connectivity index (χ3n) is 5.17. The first kappa shape index (κ1) is 23.2. The Morgan fingerprint density at radius 2 is 1.38 bits per heavy atom. The Bertz CT molecular complexity index is 1330. The summed E-state index contributed by atoms with van der Waals surface area (Å²) in [5, 5.41) is 0. The Hall–Kier alpha value is -3.96. The summed E-state index contributed by atoms with van der Waals surface area (Å²) in [6.07, 6.45) is 3.22. The summed E-state index contributed by atoms with van der Waals surface area (Å²) in [4.78, 5) is 25.0. The fourth-order valence-electron chi connectivity index (χ4n) is 3.34. The van der Waals surface area contributed by atoms with Crippen molar-refractivity contribution in [2.24, 2.45) is 0 Å². The minimum Gasteiger partial charge on any atom is -0.493 e. The molecular formula is C29H21BrO4. The van der Waals surface area contributed by atoms with Crippen molar-refractivity contribution in [1.29, 1.82) is 0 Å². The average molecular weight is 513 g/mol. The maximum absolute atomic E-state index is 12.6. The Morgan fingerprint density at radius 3 is 2.06 bits per heavy atom. The number of carbonyl (C=O) groups excluding carboxylic acids is 2. The SMILES string of the molecule is COc1cc(C=CC(=O)c2ccc(-c3ccccc3)cc2)ccc1OC(=O)c1ccc(Br)cc1. The Balaban J connectivity index is 1.45. The van der Waals surface area contributed by atoms with Crippen molar-refractivity contribution in [3.63, 3.8) is 0 Å². The van der Waals surface area contributed by atoms with E-state index in [2.05, 4.69) is 15.9 Å². The van der Waals surface area contributed by atoms with E-state index in [0.29, 0.717) is 22.6 Å². The zero-order chi connectivity index (χ0) is 23.9. The van der Waals surface area contributed by atoms with Gasteiger partial charge in [-0.25, -0.2) is 4.79 Å². The highest BCUT2D eigenvalue weighted by Crippen LogP contribution is 2.29. The van der Waals surface area contributed by atoms with Gasteiger partial charge in [-0.05, 0) is 59.2 Å². The molecule has 0 radical (unpaired) electrons. The molecule has 0 amide bonds. The lowest BCUT2D eigenvalue weighted by Gasteiger charge is -2.10. The molecule has 0 bridgehead atoms. The van der Waals surface area contributed by atoms with Gasteiger partial charge in [-0.15, -0.1) is 0 Å². The summed E-state index contributed by atoms with van der Waals surface area (Å²) in [7, 11) is 1.50. The first-order chi connectivity index (χ1) is 16.5. The molecule has 5 heteroatoms. The lowest BCUT2D eigenvalue weighted by molar-refractivity contribution is 0.0729. The van der Waals surface area contributed by atoms with Crippen LogP contribution < -0.4 is 9.47 Å². The van der Waals surface area contributed by atoms with Crippen molar-refractivity contribution in [2.75, 3.05) is 7.11 Å². The molecular weight excluding hydrogens is 492 g/mol. The second-order valence-electron chi connectivity index (χ2n) is 7.45. The van der Waals surface area contributed by atoms with E-state index in [4.69, 9.17) is 9.47 Å². The molecule has 0 N–H and O–H groups in total. The van der Waals surface area contributed by atoms with Crippen LogP contribution in [-0.2, 0) is 0 Å². The maximum Gasteiger partial charge on any atom is 0.343 e. The Labute approximate surface area is 206 Å². The number of ketones is 1. The lowest BCUT2D eigenvalue weighted by atomic mass is 10.0. The standard InChI is InChI=1S/C29H21BrO4/c1-33-28-19-20(8-18-27(28)34-29(32)24-13-15-25(30)16-14-24)7-17-26(31)23-11-9-22(10-12-23)21-5-3-2-4-6-21/h2-19H,1H3. The average Bonchev–Trinajstić information content (AvgIpc) is 2.88. The molecule has 0 heterocycles. The van der Waals surface area contributed by atoms with Crippen LogP contribution in [0.5, 0.6) is 11.5 Å². The number of esters is 1. The van der Waals surface area contributed by atoms with E-state index in [1.807, 2.05) is 54.6 Å². The molecule has 0 saturated heterocycles. The van der Waals surface area contributed by atoms with Gasteiger partial charge < -0.3 is 9.47 Å². The maximum atomic E-state index is 12.6. The van der Waals surface area contributed by atoms with Crippen LogP contribution in [0, 0.1) is 0 Å². The van der Waals surface area contributed by atoms with Crippen LogP contribution in [0.2, 0.25) is 0 Å². The van der Waals surface area contributed by atoms with Crippen molar-refractivity contribution in [1.82, 2.24) is 0 Å². The molecule has 0 unspecified atom stereocenters. The molecule has 4 rings (SSSR count). The number of benzene rings is 4. The quantitative estimate of drug-likeness (QED) is 0.113. The van der Waals surface area contributed by atoms with Gasteiger partial charge in [-0.1, -0.05) is 82.7 Å². The molecule has 0 aliphatic heterocycles. The van der Waals surface area contributed by atoms with E-state index >= 15 is 0 Å². The van der Waals surface area contributed by atoms with Crippen LogP contribution >= 0.6 is 15.9 Å². The highest BCUT2D eigenvalue weighted by molar-refractivity contribution is 9.10. The van der Waals surface area contributed by atoms with Crippen molar-refractivity contribution >= 4 is 33.8 Å². The van der Waals surface area contributed by atoms with Crippen molar-refractivity contribution in [3.05, 3.63) is 124 Å². The van der Waals surface area contributed by atoms with Crippen LogP contribution in [0.3, 0.4) is 0 Å². The fourth-order valence-corrected chi connectivity index (χ4v) is 3.61. The zero-order valence-electron chi connectivity index (χ0n) is 18.4. The first-order valence-corrected chi connectivity index (χ1v) is 11.4. The van der Waals surface area contributed by atoms with E-state index in [1.165, 1.54) is 13.2 Å². The second-order valence-corrected chi connectivity index (χ2v) is 8.36. The first-order valence-electron chi connectivity index (χ1n) is 10.6. The molecule has 0 fully saturated rings. The van der Waals surface area contributed by atoms with Gasteiger partial charge in [0.15, 0.2) is 17.3 Å². The molecule has 34 heavy (non-hydrogen) atoms. The Kier molecular flexibility index (Phi) is 7.35. The number of allylic oxidation sites excluding steroid dienone is 1. The summed E-state index contributed by atoms with van der Waals surface area (Å²) in [5.41, 5.74) is 3.93. The van der Waals surface area contributed by atoms with Gasteiger partial charge >= 0.3 is 5.97 Å². The highest BCUT2D eigenvalue weighted by atomic mass is 79.9. The third kappa shape index (κ3) is 5.69. The molecule has 0 aliphatic rings. The second kappa shape index (κ2) is 10.8. The molecule has 4 aromatic rings. The van der Waals surface area contributed by atoms with Crippen molar-refractivity contribution in [2.45, 2.75) is 0 Å². The van der Waals surface area contributed by atoms with Gasteiger partial charge in [-0.3, -0.25) is 4.79 Å². The van der Waals surface area contributed by atoms with Gasteiger partial charge in [0.05, 0.1) is 12.7 Å². The van der Waals surface area contributed by atoms with Crippen LogP contribution in [-0.4, -0.2) is 18.9 Å². The van der Waals surface area contributed by atoms with Crippen molar-refractivity contribution in [3.8, 4) is 22.6 Å². The number of rotatable bonds is 7. The smallest absolute Gasteiger partial charge is 0.343 e. The largest absolute Gasteiger partial charge is 0.493 e. The predicted octanol–water partition coefficient (Wildman–Crippen LogP) is 7.24. The monoisotopic (exact) mass is 512 g/mol. The molecule has 4 aromatic carbocycles. The molecule has 0 aliphatic carbocycles. The summed E-state index contributed by atoms with van der Waals surface area (Å²) < 4.78 is 11.7. The van der Waals surface area contributed by atoms with Gasteiger partial charge in [0.1, 0.15) is 0 Å². The number of halogens is 1. The van der Waals surface area contributed by atoms with Crippen molar-refractivity contribution < 1.29 is 19.1 Å². The van der Waals surface area contributed by atoms with Gasteiger partial charge in [0, 0.05) is 10.0 Å². The summed E-state index contributed by atoms with van der Waals surface area (Å²) in [6.45, 7) is 0. The van der Waals surface area contributed by atoms with Crippen LogP contribution in [0.4, 0.5) is 0 Å². The topological polar surface area (TPSA) is 52.6 Å². The van der Waals surface area contributed by atoms with E-state index in [1.54, 1.807) is 48.5 Å². The minimum absolute atomic E-state index is 0.107. The van der Waals surface area contributed by atoms with Gasteiger partial charge in [0.2, 0.25) is 0 Å². The normalized spacial score (nSPS) is 10.8. The van der Waals surface area contributed by atoms with Crippen LogP contribution in [0.25, 0.3) is 17.2 Å². The lowest BCUT2D eigenvalue weighted by Crippen LogP contribution is -2.09. The Morgan fingerprint density at radius 1 is 0.735 bits per heavy atom. The summed E-state index contributed by atoms with van der Waals surface area (Å²) in [6, 6.07) is 29.5. The molecule has 0 aromatic heterocycles. The molecule has 168 valence electrons. The third-order valence-corrected chi connectivity index (χ3v) is 5.70. The number of methoxy groups -OCH3 is 1. The molecule has 4 nitrogen and oxygen atoms in total. The highest BCUT2D eigenvalue weighted by Gasteiger charge is 2.13. The van der Waals surface area contributed by atoms with Crippen LogP contribution in [0.1, 0.15) is 26.3 Å². The zero-order valence-corrected chi connectivity index (χ0v) is 20.0. The van der Waals surface area contributed by atoms with Gasteiger partial charge in [-0.2, -0.15) is 0 Å².